The minimum atomic E-state index is -0.305. The lowest BCUT2D eigenvalue weighted by atomic mass is 9.94. The topological polar surface area (TPSA) is 106 Å². The van der Waals surface area contributed by atoms with E-state index in [1.165, 1.54) is 0 Å². The average molecular weight is 349 g/mol. The number of aromatic nitrogens is 2. The number of aryl methyl sites for hydroxylation is 1. The summed E-state index contributed by atoms with van der Waals surface area (Å²) in [5.74, 6) is 1.22. The van der Waals surface area contributed by atoms with Crippen LogP contribution in [0.4, 0.5) is 0 Å². The van der Waals surface area contributed by atoms with Gasteiger partial charge in [-0.25, -0.2) is 0 Å². The predicted molar refractivity (Wildman–Crippen MR) is 90.5 cm³/mol. The van der Waals surface area contributed by atoms with Gasteiger partial charge < -0.3 is 15.2 Å². The van der Waals surface area contributed by atoms with E-state index in [1.54, 1.807) is 4.90 Å². The van der Waals surface area contributed by atoms with Gasteiger partial charge in [0, 0.05) is 19.0 Å². The number of likely N-dealkylation sites (tertiary alicyclic amines) is 2. The molecule has 2 N–H and O–H groups in total. The number of piperidine rings is 2. The largest absolute Gasteiger partial charge is 0.369 e. The summed E-state index contributed by atoms with van der Waals surface area (Å²) in [4.78, 5) is 32.6. The van der Waals surface area contributed by atoms with Gasteiger partial charge in [0.1, 0.15) is 0 Å². The molecule has 1 aromatic rings. The summed E-state index contributed by atoms with van der Waals surface area (Å²) >= 11 is 0. The lowest BCUT2D eigenvalue weighted by Gasteiger charge is -2.38. The van der Waals surface area contributed by atoms with E-state index in [2.05, 4.69) is 15.0 Å². The number of primary amides is 1. The zero-order chi connectivity index (χ0) is 18.0. The number of amides is 2. The molecule has 8 heteroatoms. The molecule has 25 heavy (non-hydrogen) atoms. The fourth-order valence-corrected chi connectivity index (χ4v) is 3.84. The summed E-state index contributed by atoms with van der Waals surface area (Å²) in [7, 11) is 0. The fraction of sp³-hybridized carbons (Fsp3) is 0.765. The Hall–Kier alpha value is -1.96. The maximum Gasteiger partial charge on any atom is 0.239 e. The number of rotatable bonds is 4. The predicted octanol–water partition coefficient (Wildman–Crippen LogP) is 0.670. The van der Waals surface area contributed by atoms with Gasteiger partial charge in [0.25, 0.3) is 0 Å². The van der Waals surface area contributed by atoms with Crippen LogP contribution in [0.5, 0.6) is 0 Å². The number of carbonyl (C=O) groups is 2. The number of hydrogen-bond donors (Lipinski definition) is 1. The van der Waals surface area contributed by atoms with Crippen LogP contribution in [0, 0.1) is 12.8 Å². The summed E-state index contributed by atoms with van der Waals surface area (Å²) in [6, 6.07) is -0.183. The molecular formula is C17H27N5O3. The molecule has 0 aliphatic carbocycles. The van der Waals surface area contributed by atoms with Gasteiger partial charge in [-0.05, 0) is 52.6 Å². The standard InChI is InChI=1S/C17H27N5O3/c1-11(17(24)22-7-3-4-14(10-22)15(18)23)21-8-5-13(6-9-21)16-19-12(2)20-25-16/h11,13-14H,3-10H2,1-2H3,(H2,18,23)/t11-,14+/m0/s1. The van der Waals surface area contributed by atoms with Crippen molar-refractivity contribution in [2.45, 2.75) is 51.5 Å². The SMILES string of the molecule is Cc1noc(C2CCN([C@@H](C)C(=O)N3CCC[C@@H](C(N)=O)C3)CC2)n1. The lowest BCUT2D eigenvalue weighted by Crippen LogP contribution is -2.53. The number of carbonyl (C=O) groups excluding carboxylic acids is 2. The zero-order valence-corrected chi connectivity index (χ0v) is 15.0. The second kappa shape index (κ2) is 7.51. The van der Waals surface area contributed by atoms with Gasteiger partial charge in [0.15, 0.2) is 5.82 Å². The third-order valence-corrected chi connectivity index (χ3v) is 5.46. The van der Waals surface area contributed by atoms with Crippen molar-refractivity contribution in [3.05, 3.63) is 11.7 Å². The number of nitrogens with zero attached hydrogens (tertiary/aromatic N) is 4. The van der Waals surface area contributed by atoms with E-state index in [0.717, 1.165) is 38.8 Å². The molecule has 138 valence electrons. The Balaban J connectivity index is 1.54. The summed E-state index contributed by atoms with van der Waals surface area (Å²) in [6.45, 7) is 6.59. The Labute approximate surface area is 147 Å². The first-order chi connectivity index (χ1) is 12.0. The normalized spacial score (nSPS) is 24.2. The van der Waals surface area contributed by atoms with Crippen LogP contribution < -0.4 is 5.73 Å². The van der Waals surface area contributed by atoms with Gasteiger partial charge in [0.2, 0.25) is 17.7 Å². The second-order valence-corrected chi connectivity index (χ2v) is 7.19. The van der Waals surface area contributed by atoms with Crippen LogP contribution in [0.3, 0.4) is 0 Å². The molecule has 0 spiro atoms. The number of hydrogen-bond acceptors (Lipinski definition) is 6. The van der Waals surface area contributed by atoms with Crippen LogP contribution in [0.1, 0.15) is 50.2 Å². The molecule has 3 heterocycles. The van der Waals surface area contributed by atoms with Crippen LogP contribution in [-0.4, -0.2) is 64.0 Å². The van der Waals surface area contributed by atoms with E-state index >= 15 is 0 Å². The van der Waals surface area contributed by atoms with Crippen LogP contribution >= 0.6 is 0 Å². The Kier molecular flexibility index (Phi) is 5.36. The van der Waals surface area contributed by atoms with Gasteiger partial charge in [-0.15, -0.1) is 0 Å². The molecule has 0 aromatic carbocycles. The van der Waals surface area contributed by atoms with E-state index in [4.69, 9.17) is 10.3 Å². The first-order valence-electron chi connectivity index (χ1n) is 9.08. The first kappa shape index (κ1) is 17.8. The van der Waals surface area contributed by atoms with E-state index in [0.29, 0.717) is 24.8 Å². The summed E-state index contributed by atoms with van der Waals surface area (Å²) in [5.41, 5.74) is 5.41. The molecule has 2 saturated heterocycles. The molecule has 2 fully saturated rings. The molecular weight excluding hydrogens is 322 g/mol. The average Bonchev–Trinajstić information content (AvgIpc) is 3.07. The van der Waals surface area contributed by atoms with Gasteiger partial charge in [-0.2, -0.15) is 4.98 Å². The molecule has 0 saturated carbocycles. The molecule has 0 radical (unpaired) electrons. The van der Waals surface area contributed by atoms with Crippen LogP contribution in [0.25, 0.3) is 0 Å². The van der Waals surface area contributed by atoms with E-state index in [9.17, 15) is 9.59 Å². The van der Waals surface area contributed by atoms with Gasteiger partial charge in [-0.3, -0.25) is 14.5 Å². The monoisotopic (exact) mass is 349 g/mol. The van der Waals surface area contributed by atoms with Gasteiger partial charge >= 0.3 is 0 Å². The highest BCUT2D eigenvalue weighted by Gasteiger charge is 2.34. The quantitative estimate of drug-likeness (QED) is 0.856. The van der Waals surface area contributed by atoms with Crippen LogP contribution in [0.2, 0.25) is 0 Å². The van der Waals surface area contributed by atoms with Crippen LogP contribution in [0.15, 0.2) is 4.52 Å². The second-order valence-electron chi connectivity index (χ2n) is 7.19. The van der Waals surface area contributed by atoms with Gasteiger partial charge in [-0.1, -0.05) is 5.16 Å². The highest BCUT2D eigenvalue weighted by atomic mass is 16.5. The smallest absolute Gasteiger partial charge is 0.239 e. The maximum atomic E-state index is 12.8. The van der Waals surface area contributed by atoms with E-state index in [-0.39, 0.29) is 29.7 Å². The van der Waals surface area contributed by atoms with Crippen molar-refractivity contribution >= 4 is 11.8 Å². The van der Waals surface area contributed by atoms with Crippen molar-refractivity contribution in [3.8, 4) is 0 Å². The first-order valence-corrected chi connectivity index (χ1v) is 9.08. The highest BCUT2D eigenvalue weighted by Crippen LogP contribution is 2.28. The fourth-order valence-electron chi connectivity index (χ4n) is 3.84. The molecule has 1 aromatic heterocycles. The van der Waals surface area contributed by atoms with Crippen molar-refractivity contribution < 1.29 is 14.1 Å². The van der Waals surface area contributed by atoms with Crippen molar-refractivity contribution in [2.24, 2.45) is 11.7 Å². The van der Waals surface area contributed by atoms with E-state index < -0.39 is 0 Å². The Morgan fingerprint density at radius 1 is 1.24 bits per heavy atom. The minimum absolute atomic E-state index is 0.0954. The summed E-state index contributed by atoms with van der Waals surface area (Å²) in [6.07, 6.45) is 3.43. The van der Waals surface area contributed by atoms with Crippen molar-refractivity contribution in [1.82, 2.24) is 19.9 Å². The van der Waals surface area contributed by atoms with E-state index in [1.807, 2.05) is 13.8 Å². The minimum Gasteiger partial charge on any atom is -0.369 e. The zero-order valence-electron chi connectivity index (χ0n) is 15.0. The lowest BCUT2D eigenvalue weighted by molar-refractivity contribution is -0.140. The number of nitrogens with two attached hydrogens (primary N) is 1. The molecule has 2 amide bonds. The molecule has 2 aliphatic heterocycles. The van der Waals surface area contributed by atoms with Crippen molar-refractivity contribution in [3.63, 3.8) is 0 Å². The van der Waals surface area contributed by atoms with Crippen molar-refractivity contribution in [2.75, 3.05) is 26.2 Å². The van der Waals surface area contributed by atoms with Gasteiger partial charge in [0.05, 0.1) is 12.0 Å². The third kappa shape index (κ3) is 4.00. The maximum absolute atomic E-state index is 12.8. The Morgan fingerprint density at radius 2 is 1.96 bits per heavy atom. The summed E-state index contributed by atoms with van der Waals surface area (Å²) in [5, 5.41) is 3.86. The molecule has 8 nitrogen and oxygen atoms in total. The Morgan fingerprint density at radius 3 is 2.56 bits per heavy atom. The van der Waals surface area contributed by atoms with Crippen LogP contribution in [-0.2, 0) is 9.59 Å². The van der Waals surface area contributed by atoms with Crippen molar-refractivity contribution in [1.29, 1.82) is 0 Å². The molecule has 2 atom stereocenters. The molecule has 0 bridgehead atoms. The molecule has 0 unspecified atom stereocenters. The highest BCUT2D eigenvalue weighted by molar-refractivity contribution is 5.83. The Bertz CT molecular complexity index is 624. The summed E-state index contributed by atoms with van der Waals surface area (Å²) < 4.78 is 5.28. The molecule has 2 aliphatic rings. The third-order valence-electron chi connectivity index (χ3n) is 5.46. The molecule has 3 rings (SSSR count).